The van der Waals surface area contributed by atoms with Crippen LogP contribution in [0, 0.1) is 5.82 Å². The van der Waals surface area contributed by atoms with E-state index >= 15 is 0 Å². The molecule has 0 aliphatic carbocycles. The highest BCUT2D eigenvalue weighted by atomic mass is 79.9. The van der Waals surface area contributed by atoms with Crippen molar-refractivity contribution in [3.63, 3.8) is 0 Å². The molecule has 0 aliphatic rings. The van der Waals surface area contributed by atoms with E-state index in [0.717, 1.165) is 22.2 Å². The van der Waals surface area contributed by atoms with Gasteiger partial charge in [-0.15, -0.1) is 0 Å². The van der Waals surface area contributed by atoms with Crippen LogP contribution in [0.4, 0.5) is 24.5 Å². The molecule has 3 N–H and O–H groups in total. The summed E-state index contributed by atoms with van der Waals surface area (Å²) in [5, 5.41) is 2.96. The van der Waals surface area contributed by atoms with Crippen LogP contribution in [0.25, 0.3) is 0 Å². The SMILES string of the molecule is Nc1cc(F)c(OC(F)F)cc1NCc1cccc(Br)c1. The molecule has 0 spiro atoms. The smallest absolute Gasteiger partial charge is 0.387 e. The van der Waals surface area contributed by atoms with Crippen molar-refractivity contribution in [2.24, 2.45) is 0 Å². The van der Waals surface area contributed by atoms with Crippen LogP contribution in [0.1, 0.15) is 5.56 Å². The van der Waals surface area contributed by atoms with E-state index in [-0.39, 0.29) is 5.69 Å². The Balaban J connectivity index is 2.15. The average Bonchev–Trinajstić information content (AvgIpc) is 2.40. The topological polar surface area (TPSA) is 47.3 Å². The molecule has 0 saturated heterocycles. The molecule has 112 valence electrons. The van der Waals surface area contributed by atoms with Crippen LogP contribution in [0.2, 0.25) is 0 Å². The standard InChI is InChI=1S/C14H12BrF3N2O/c15-9-3-1-2-8(4-9)7-20-12-6-13(21-14(17)18)10(16)5-11(12)19/h1-6,14,20H,7,19H2. The molecule has 0 radical (unpaired) electrons. The van der Waals surface area contributed by atoms with Gasteiger partial charge in [-0.2, -0.15) is 8.78 Å². The highest BCUT2D eigenvalue weighted by Gasteiger charge is 2.13. The first-order valence-corrected chi connectivity index (χ1v) is 6.77. The van der Waals surface area contributed by atoms with Crippen molar-refractivity contribution < 1.29 is 17.9 Å². The third-order valence-corrected chi connectivity index (χ3v) is 3.19. The highest BCUT2D eigenvalue weighted by Crippen LogP contribution is 2.29. The minimum Gasteiger partial charge on any atom is -0.432 e. The summed E-state index contributed by atoms with van der Waals surface area (Å²) in [4.78, 5) is 0. The van der Waals surface area contributed by atoms with Gasteiger partial charge in [-0.1, -0.05) is 28.1 Å². The molecule has 2 aromatic carbocycles. The summed E-state index contributed by atoms with van der Waals surface area (Å²) >= 11 is 3.35. The number of rotatable bonds is 5. The van der Waals surface area contributed by atoms with Crippen molar-refractivity contribution in [2.75, 3.05) is 11.1 Å². The zero-order chi connectivity index (χ0) is 15.4. The van der Waals surface area contributed by atoms with E-state index in [4.69, 9.17) is 5.73 Å². The Morgan fingerprint density at radius 3 is 2.67 bits per heavy atom. The maximum Gasteiger partial charge on any atom is 0.387 e. The Bertz CT molecular complexity index is 638. The van der Waals surface area contributed by atoms with E-state index in [0.29, 0.717) is 12.2 Å². The van der Waals surface area contributed by atoms with Gasteiger partial charge in [0.05, 0.1) is 11.4 Å². The third kappa shape index (κ3) is 4.29. The number of anilines is 2. The Hall–Kier alpha value is -1.89. The average molecular weight is 361 g/mol. The minimum absolute atomic E-state index is 0.115. The summed E-state index contributed by atoms with van der Waals surface area (Å²) in [5.74, 6) is -1.48. The fourth-order valence-electron chi connectivity index (χ4n) is 1.75. The molecule has 0 aliphatic heterocycles. The lowest BCUT2D eigenvalue weighted by Crippen LogP contribution is -2.07. The van der Waals surface area contributed by atoms with Gasteiger partial charge in [0.2, 0.25) is 0 Å². The Labute approximate surface area is 128 Å². The molecule has 2 rings (SSSR count). The van der Waals surface area contributed by atoms with Crippen LogP contribution in [0.5, 0.6) is 5.75 Å². The first-order valence-electron chi connectivity index (χ1n) is 5.98. The van der Waals surface area contributed by atoms with Crippen LogP contribution < -0.4 is 15.8 Å². The highest BCUT2D eigenvalue weighted by molar-refractivity contribution is 9.10. The minimum atomic E-state index is -3.10. The third-order valence-electron chi connectivity index (χ3n) is 2.69. The molecule has 0 saturated carbocycles. The molecular weight excluding hydrogens is 349 g/mol. The molecule has 3 nitrogen and oxygen atoms in total. The fraction of sp³-hybridized carbons (Fsp3) is 0.143. The van der Waals surface area contributed by atoms with E-state index < -0.39 is 18.2 Å². The van der Waals surface area contributed by atoms with Crippen molar-refractivity contribution in [3.05, 3.63) is 52.3 Å². The normalized spacial score (nSPS) is 10.7. The van der Waals surface area contributed by atoms with Gasteiger partial charge in [0.25, 0.3) is 0 Å². The first kappa shape index (κ1) is 15.5. The number of hydrogen-bond donors (Lipinski definition) is 2. The summed E-state index contributed by atoms with van der Waals surface area (Å²) in [7, 11) is 0. The predicted molar refractivity (Wildman–Crippen MR) is 78.9 cm³/mol. The van der Waals surface area contributed by atoms with Crippen LogP contribution in [0.3, 0.4) is 0 Å². The van der Waals surface area contributed by atoms with Gasteiger partial charge in [0.15, 0.2) is 11.6 Å². The fourth-order valence-corrected chi connectivity index (χ4v) is 2.20. The van der Waals surface area contributed by atoms with Crippen LogP contribution >= 0.6 is 15.9 Å². The second-order valence-corrected chi connectivity index (χ2v) is 5.15. The number of nitrogen functional groups attached to an aromatic ring is 1. The predicted octanol–water partition coefficient (Wildman–Crippen LogP) is 4.38. The largest absolute Gasteiger partial charge is 0.432 e. The number of benzene rings is 2. The van der Waals surface area contributed by atoms with Crippen molar-refractivity contribution in [3.8, 4) is 5.75 Å². The number of halogens is 4. The monoisotopic (exact) mass is 360 g/mol. The van der Waals surface area contributed by atoms with Gasteiger partial charge in [0.1, 0.15) is 0 Å². The molecule has 21 heavy (non-hydrogen) atoms. The summed E-state index contributed by atoms with van der Waals surface area (Å²) in [6.45, 7) is -2.69. The summed E-state index contributed by atoms with van der Waals surface area (Å²) in [5.41, 5.74) is 7.05. The lowest BCUT2D eigenvalue weighted by atomic mass is 10.2. The molecule has 0 fully saturated rings. The first-order chi connectivity index (χ1) is 9.95. The van der Waals surface area contributed by atoms with E-state index in [9.17, 15) is 13.2 Å². The Kier molecular flexibility index (Phi) is 4.95. The summed E-state index contributed by atoms with van der Waals surface area (Å²) in [6, 6.07) is 9.58. The van der Waals surface area contributed by atoms with Gasteiger partial charge in [-0.05, 0) is 17.7 Å². The number of alkyl halides is 2. The molecule has 0 amide bonds. The molecule has 0 aromatic heterocycles. The van der Waals surface area contributed by atoms with E-state index in [1.165, 1.54) is 0 Å². The van der Waals surface area contributed by atoms with Gasteiger partial charge in [-0.3, -0.25) is 0 Å². The van der Waals surface area contributed by atoms with E-state index in [1.807, 2.05) is 24.3 Å². The van der Waals surface area contributed by atoms with Gasteiger partial charge in [-0.25, -0.2) is 4.39 Å². The Morgan fingerprint density at radius 1 is 1.24 bits per heavy atom. The molecule has 0 atom stereocenters. The quantitative estimate of drug-likeness (QED) is 0.777. The number of nitrogens with two attached hydrogens (primary N) is 1. The van der Waals surface area contributed by atoms with Crippen molar-refractivity contribution in [1.82, 2.24) is 0 Å². The summed E-state index contributed by atoms with van der Waals surface area (Å²) < 4.78 is 42.8. The van der Waals surface area contributed by atoms with Crippen LogP contribution in [-0.2, 0) is 6.54 Å². The Morgan fingerprint density at radius 2 is 2.00 bits per heavy atom. The van der Waals surface area contributed by atoms with Gasteiger partial charge >= 0.3 is 6.61 Å². The summed E-state index contributed by atoms with van der Waals surface area (Å²) in [6.07, 6.45) is 0. The van der Waals surface area contributed by atoms with Crippen LogP contribution in [0.15, 0.2) is 40.9 Å². The number of ether oxygens (including phenoxy) is 1. The van der Waals surface area contributed by atoms with Crippen LogP contribution in [-0.4, -0.2) is 6.61 Å². The van der Waals surface area contributed by atoms with E-state index in [1.54, 1.807) is 0 Å². The lowest BCUT2D eigenvalue weighted by Gasteiger charge is -2.13. The van der Waals surface area contributed by atoms with E-state index in [2.05, 4.69) is 26.0 Å². The number of hydrogen-bond acceptors (Lipinski definition) is 3. The molecule has 7 heteroatoms. The molecule has 0 bridgehead atoms. The second-order valence-electron chi connectivity index (χ2n) is 4.23. The van der Waals surface area contributed by atoms with Crippen molar-refractivity contribution >= 4 is 27.3 Å². The molecule has 0 heterocycles. The van der Waals surface area contributed by atoms with Gasteiger partial charge in [0, 0.05) is 23.2 Å². The van der Waals surface area contributed by atoms with Gasteiger partial charge < -0.3 is 15.8 Å². The maximum absolute atomic E-state index is 13.4. The second kappa shape index (κ2) is 6.71. The van der Waals surface area contributed by atoms with Crippen molar-refractivity contribution in [1.29, 1.82) is 0 Å². The molecular formula is C14H12BrF3N2O. The number of nitrogens with one attached hydrogen (secondary N) is 1. The van der Waals surface area contributed by atoms with Crippen molar-refractivity contribution in [2.45, 2.75) is 13.2 Å². The molecule has 0 unspecified atom stereocenters. The zero-order valence-electron chi connectivity index (χ0n) is 10.7. The zero-order valence-corrected chi connectivity index (χ0v) is 12.3. The maximum atomic E-state index is 13.4. The lowest BCUT2D eigenvalue weighted by molar-refractivity contribution is -0.0521. The molecule has 2 aromatic rings.